The zero-order valence-corrected chi connectivity index (χ0v) is 36.3. The van der Waals surface area contributed by atoms with E-state index < -0.39 is 0 Å². The summed E-state index contributed by atoms with van der Waals surface area (Å²) in [7, 11) is 0. The largest absolute Gasteiger partial charge is 0.456 e. The quantitative estimate of drug-likeness (QED) is 0.166. The van der Waals surface area contributed by atoms with Gasteiger partial charge in [-0.2, -0.15) is 0 Å². The summed E-state index contributed by atoms with van der Waals surface area (Å²) in [5.74, 6) is 0. The fraction of sp³-hybridized carbons (Fsp3) is 0. The maximum atomic E-state index is 6.73. The summed E-state index contributed by atoms with van der Waals surface area (Å²) >= 11 is 0. The van der Waals surface area contributed by atoms with Crippen LogP contribution in [0.1, 0.15) is 0 Å². The second-order valence-corrected chi connectivity index (χ2v) is 17.7. The van der Waals surface area contributed by atoms with Gasteiger partial charge >= 0.3 is 0 Å². The molecule has 0 radical (unpaired) electrons. The maximum Gasteiger partial charge on any atom is 0.159 e. The molecule has 0 spiro atoms. The van der Waals surface area contributed by atoms with Gasteiger partial charge in [-0.1, -0.05) is 109 Å². The Hall–Kier alpha value is -9.26. The lowest BCUT2D eigenvalue weighted by atomic mass is 10.0. The minimum atomic E-state index is 0.821. The SMILES string of the molecule is c1ccc(N(c2ccc3cc4c(cc3c2)oc2cc3c(cc24)oc2cc4cc(N(c5ccccc5)c5cccc6c5oc5ccccc56)ccc4cc23)c2cccc3c2oc2ccccc23)cc1. The molecule has 0 saturated carbocycles. The van der Waals surface area contributed by atoms with Crippen molar-refractivity contribution in [1.29, 1.82) is 0 Å². The van der Waals surface area contributed by atoms with Crippen LogP contribution in [0.15, 0.2) is 236 Å². The van der Waals surface area contributed by atoms with E-state index in [1.54, 1.807) is 0 Å². The highest BCUT2D eigenvalue weighted by Crippen LogP contribution is 2.46. The fourth-order valence-electron chi connectivity index (χ4n) is 10.6. The number of hydrogen-bond acceptors (Lipinski definition) is 6. The van der Waals surface area contributed by atoms with E-state index in [9.17, 15) is 0 Å². The number of furan rings is 4. The van der Waals surface area contributed by atoms with Gasteiger partial charge in [0, 0.05) is 65.8 Å². The molecule has 0 aliphatic heterocycles. The molecule has 0 unspecified atom stereocenters. The Bertz CT molecular complexity index is 4230. The lowest BCUT2D eigenvalue weighted by molar-refractivity contribution is 0.664. The standard InChI is InChI=1S/C62H36N2O4/c1-3-13-41(14-4-1)63(53-21-11-19-47-45-17-7-9-23-55(45)67-61(47)53)43-27-25-37-31-49-51-35-60-52(36-59(51)65-57(49)33-39(37)29-43)50-32-38-26-28-44(30-40(38)34-58(50)66-60)64(42-15-5-2-6-16-42)54-22-12-20-48-46-18-8-10-24-56(46)68-62(48)54/h1-36H. The predicted molar refractivity (Wildman–Crippen MR) is 280 cm³/mol. The molecule has 0 amide bonds. The monoisotopic (exact) mass is 872 g/mol. The molecule has 6 nitrogen and oxygen atoms in total. The van der Waals surface area contributed by atoms with Crippen LogP contribution in [0.2, 0.25) is 0 Å². The van der Waals surface area contributed by atoms with Crippen LogP contribution in [0.3, 0.4) is 0 Å². The van der Waals surface area contributed by atoms with Gasteiger partial charge in [-0.15, -0.1) is 0 Å². The molecule has 0 aliphatic carbocycles. The highest BCUT2D eigenvalue weighted by atomic mass is 16.3. The van der Waals surface area contributed by atoms with Gasteiger partial charge in [-0.05, 0) is 131 Å². The lowest BCUT2D eigenvalue weighted by Crippen LogP contribution is -2.10. The van der Waals surface area contributed by atoms with Gasteiger partial charge in [0.05, 0.1) is 11.4 Å². The highest BCUT2D eigenvalue weighted by molar-refractivity contribution is 6.19. The van der Waals surface area contributed by atoms with Crippen LogP contribution in [0, 0.1) is 0 Å². The van der Waals surface area contributed by atoms with E-state index in [2.05, 4.69) is 192 Å². The Morgan fingerprint density at radius 1 is 0.221 bits per heavy atom. The van der Waals surface area contributed by atoms with Crippen molar-refractivity contribution in [2.45, 2.75) is 0 Å². The second kappa shape index (κ2) is 14.1. The molecule has 6 heteroatoms. The first-order valence-corrected chi connectivity index (χ1v) is 22.9. The number of benzene rings is 11. The van der Waals surface area contributed by atoms with Gasteiger partial charge in [-0.25, -0.2) is 0 Å². The third kappa shape index (κ3) is 5.52. The van der Waals surface area contributed by atoms with Crippen molar-refractivity contribution in [3.8, 4) is 0 Å². The van der Waals surface area contributed by atoms with Crippen molar-refractivity contribution >= 4 is 143 Å². The molecule has 15 rings (SSSR count). The van der Waals surface area contributed by atoms with E-state index in [-0.39, 0.29) is 0 Å². The van der Waals surface area contributed by atoms with Crippen molar-refractivity contribution in [1.82, 2.24) is 0 Å². The summed E-state index contributed by atoms with van der Waals surface area (Å²) in [5, 5.41) is 12.9. The van der Waals surface area contributed by atoms with Crippen molar-refractivity contribution in [3.05, 3.63) is 218 Å². The van der Waals surface area contributed by atoms with Gasteiger partial charge in [0.1, 0.15) is 33.5 Å². The molecule has 318 valence electrons. The molecule has 0 fully saturated rings. The van der Waals surface area contributed by atoms with E-state index in [0.29, 0.717) is 0 Å². The molecular weight excluding hydrogens is 837 g/mol. The average Bonchev–Trinajstić information content (AvgIpc) is 4.15. The molecule has 11 aromatic carbocycles. The number of anilines is 6. The Morgan fingerprint density at radius 2 is 0.618 bits per heavy atom. The predicted octanol–water partition coefficient (Wildman–Crippen LogP) is 18.5. The van der Waals surface area contributed by atoms with Gasteiger partial charge in [0.2, 0.25) is 0 Å². The van der Waals surface area contributed by atoms with Gasteiger partial charge in [-0.3, -0.25) is 0 Å². The molecule has 4 heterocycles. The second-order valence-electron chi connectivity index (χ2n) is 17.7. The van der Waals surface area contributed by atoms with E-state index in [1.165, 1.54) is 0 Å². The first-order valence-electron chi connectivity index (χ1n) is 22.9. The zero-order valence-electron chi connectivity index (χ0n) is 36.3. The number of rotatable bonds is 6. The normalized spacial score (nSPS) is 12.1. The topological polar surface area (TPSA) is 59.0 Å². The molecule has 68 heavy (non-hydrogen) atoms. The van der Waals surface area contributed by atoms with E-state index >= 15 is 0 Å². The summed E-state index contributed by atoms with van der Waals surface area (Å²) in [6.07, 6.45) is 0. The Kier molecular flexibility index (Phi) is 7.69. The minimum Gasteiger partial charge on any atom is -0.456 e. The highest BCUT2D eigenvalue weighted by Gasteiger charge is 2.23. The summed E-state index contributed by atoms with van der Waals surface area (Å²) in [6, 6.07) is 76.5. The van der Waals surface area contributed by atoms with Gasteiger partial charge < -0.3 is 27.5 Å². The summed E-state index contributed by atoms with van der Waals surface area (Å²) in [6.45, 7) is 0. The first kappa shape index (κ1) is 37.0. The summed E-state index contributed by atoms with van der Waals surface area (Å²) < 4.78 is 26.6. The smallest absolute Gasteiger partial charge is 0.159 e. The van der Waals surface area contributed by atoms with Crippen LogP contribution >= 0.6 is 0 Å². The van der Waals surface area contributed by atoms with E-state index in [1.807, 2.05) is 36.4 Å². The van der Waals surface area contributed by atoms with Gasteiger partial charge in [0.15, 0.2) is 11.2 Å². The van der Waals surface area contributed by atoms with Crippen molar-refractivity contribution in [2.75, 3.05) is 9.80 Å². The van der Waals surface area contributed by atoms with Crippen LogP contribution in [0.4, 0.5) is 34.1 Å². The Balaban J connectivity index is 0.836. The maximum absolute atomic E-state index is 6.73. The summed E-state index contributed by atoms with van der Waals surface area (Å²) in [4.78, 5) is 4.55. The molecule has 0 atom stereocenters. The number of nitrogens with zero attached hydrogens (tertiary/aromatic N) is 2. The number of fused-ring (bicyclic) bond motifs is 14. The lowest BCUT2D eigenvalue weighted by Gasteiger charge is -2.25. The van der Waals surface area contributed by atoms with Crippen molar-refractivity contribution in [2.24, 2.45) is 0 Å². The fourth-order valence-corrected chi connectivity index (χ4v) is 10.6. The van der Waals surface area contributed by atoms with Crippen molar-refractivity contribution in [3.63, 3.8) is 0 Å². The van der Waals surface area contributed by atoms with E-state index in [0.717, 1.165) is 143 Å². The molecule has 4 aromatic heterocycles. The number of hydrogen-bond donors (Lipinski definition) is 0. The Morgan fingerprint density at radius 3 is 1.09 bits per heavy atom. The molecule has 0 bridgehead atoms. The third-order valence-electron chi connectivity index (χ3n) is 13.7. The minimum absolute atomic E-state index is 0.821. The van der Waals surface area contributed by atoms with Crippen LogP contribution in [0.25, 0.3) is 109 Å². The van der Waals surface area contributed by atoms with Crippen LogP contribution in [-0.2, 0) is 0 Å². The Labute approximate surface area is 387 Å². The third-order valence-corrected chi connectivity index (χ3v) is 13.7. The van der Waals surface area contributed by atoms with Crippen molar-refractivity contribution < 1.29 is 17.7 Å². The molecule has 0 aliphatic rings. The average molecular weight is 873 g/mol. The van der Waals surface area contributed by atoms with E-state index in [4.69, 9.17) is 17.7 Å². The molecule has 15 aromatic rings. The molecular formula is C62H36N2O4. The number of para-hydroxylation sites is 6. The zero-order chi connectivity index (χ0) is 44.5. The van der Waals surface area contributed by atoms with Crippen LogP contribution < -0.4 is 9.80 Å². The first-order chi connectivity index (χ1) is 33.7. The molecule has 0 N–H and O–H groups in total. The van der Waals surface area contributed by atoms with Crippen LogP contribution in [0.5, 0.6) is 0 Å². The van der Waals surface area contributed by atoms with Crippen LogP contribution in [-0.4, -0.2) is 0 Å². The summed E-state index contributed by atoms with van der Waals surface area (Å²) in [5.41, 5.74) is 12.8. The van der Waals surface area contributed by atoms with Gasteiger partial charge in [0.25, 0.3) is 0 Å². The molecule has 0 saturated heterocycles.